The van der Waals surface area contributed by atoms with Gasteiger partial charge in [-0.25, -0.2) is 0 Å². The Balaban J connectivity index is -0.0000000145. The third kappa shape index (κ3) is 870. The van der Waals surface area contributed by atoms with E-state index < -0.39 is 25.9 Å². The molecule has 0 aromatic heterocycles. The van der Waals surface area contributed by atoms with Gasteiger partial charge < -0.3 is 39.6 Å². The van der Waals surface area contributed by atoms with E-state index in [1.165, 1.54) is 0 Å². The SMILES string of the molecule is O=C[O-].O=C[O-].O=C[O-].O=C[O-].[Co+2].[Co+2]. The van der Waals surface area contributed by atoms with Crippen molar-refractivity contribution in [2.75, 3.05) is 0 Å². The number of hydrogen-bond acceptors (Lipinski definition) is 8. The molecule has 0 saturated heterocycles. The maximum atomic E-state index is 8.25. The first-order chi connectivity index (χ1) is 5.66. The summed E-state index contributed by atoms with van der Waals surface area (Å²) in [6.45, 7) is -2.00. The standard InChI is InChI=1S/4CH2O2.2Co/c4*2-1-3;;/h4*1H,(H,2,3);;/q;;;;2*+2/p-4. The van der Waals surface area contributed by atoms with Gasteiger partial charge in [-0.1, -0.05) is 0 Å². The fourth-order valence-corrected chi connectivity index (χ4v) is 0. The van der Waals surface area contributed by atoms with Crippen LogP contribution in [0.3, 0.4) is 0 Å². The maximum absolute atomic E-state index is 8.25. The maximum Gasteiger partial charge on any atom is 2.00 e. The Bertz CT molecular complexity index is 73.3. The van der Waals surface area contributed by atoms with E-state index in [0.717, 1.165) is 0 Å². The summed E-state index contributed by atoms with van der Waals surface area (Å²) in [4.78, 5) is 33.0. The van der Waals surface area contributed by atoms with Gasteiger partial charge in [0, 0.05) is 25.9 Å². The Morgan fingerprint density at radius 2 is 0.500 bits per heavy atom. The van der Waals surface area contributed by atoms with E-state index in [1.807, 2.05) is 0 Å². The average Bonchev–Trinajstić information content (AvgIpc) is 1.92. The molecule has 8 nitrogen and oxygen atoms in total. The summed E-state index contributed by atoms with van der Waals surface area (Å²) < 4.78 is 0. The molecule has 0 aliphatic heterocycles. The molecule has 0 aromatic carbocycles. The second-order valence-corrected chi connectivity index (χ2v) is 0.385. The molecule has 0 heterocycles. The molecule has 0 atom stereocenters. The fraction of sp³-hybridized carbons (Fsp3) is 0. The predicted octanol–water partition coefficient (Wildman–Crippen LogP) is -6.54. The van der Waals surface area contributed by atoms with Crippen molar-refractivity contribution in [1.29, 1.82) is 0 Å². The van der Waals surface area contributed by atoms with Crippen LogP contribution in [0.5, 0.6) is 0 Å². The first-order valence-corrected chi connectivity index (χ1v) is 1.89. The summed E-state index contributed by atoms with van der Waals surface area (Å²) in [5.74, 6) is 0. The summed E-state index contributed by atoms with van der Waals surface area (Å²) >= 11 is 0. The fourth-order valence-electron chi connectivity index (χ4n) is 0. The third-order valence-corrected chi connectivity index (χ3v) is 0. The van der Waals surface area contributed by atoms with Crippen LogP contribution in [0.2, 0.25) is 0 Å². The molecule has 0 N–H and O–H groups in total. The zero-order chi connectivity index (χ0) is 10.8. The summed E-state index contributed by atoms with van der Waals surface area (Å²) in [6, 6.07) is 0. The van der Waals surface area contributed by atoms with Gasteiger partial charge in [0.1, 0.15) is 0 Å². The van der Waals surface area contributed by atoms with Crippen molar-refractivity contribution < 1.29 is 73.2 Å². The van der Waals surface area contributed by atoms with Crippen LogP contribution >= 0.6 is 0 Å². The van der Waals surface area contributed by atoms with Gasteiger partial charge in [-0.3, -0.25) is 0 Å². The van der Waals surface area contributed by atoms with Crippen LogP contribution in [0.15, 0.2) is 0 Å². The number of hydrogen-bond donors (Lipinski definition) is 0. The molecular formula is C4H4Co2O8. The Hall–Kier alpha value is -1.11. The number of carbonyl (C=O) groups is 4. The summed E-state index contributed by atoms with van der Waals surface area (Å²) in [6.07, 6.45) is 0. The predicted molar refractivity (Wildman–Crippen MR) is 24.3 cm³/mol. The molecule has 0 amide bonds. The van der Waals surface area contributed by atoms with Crippen molar-refractivity contribution in [3.63, 3.8) is 0 Å². The van der Waals surface area contributed by atoms with E-state index in [9.17, 15) is 0 Å². The minimum Gasteiger partial charge on any atom is -0.554 e. The molecular weight excluding hydrogens is 294 g/mol. The number of carboxylic acid groups (broad SMARTS) is 4. The first kappa shape index (κ1) is 38.4. The van der Waals surface area contributed by atoms with Gasteiger partial charge in [0.15, 0.2) is 0 Å². The normalized spacial score (nSPS) is 3.43. The summed E-state index contributed by atoms with van der Waals surface area (Å²) in [5.41, 5.74) is 0. The smallest absolute Gasteiger partial charge is 0.554 e. The molecule has 0 saturated carbocycles. The van der Waals surface area contributed by atoms with E-state index in [0.29, 0.717) is 0 Å². The van der Waals surface area contributed by atoms with Crippen LogP contribution in [0.1, 0.15) is 0 Å². The first-order valence-electron chi connectivity index (χ1n) is 1.89. The van der Waals surface area contributed by atoms with Crippen LogP contribution in [0, 0.1) is 0 Å². The van der Waals surface area contributed by atoms with Crippen LogP contribution in [-0.4, -0.2) is 25.9 Å². The molecule has 0 fully saturated rings. The van der Waals surface area contributed by atoms with Gasteiger partial charge in [-0.15, -0.1) is 0 Å². The molecule has 0 unspecified atom stereocenters. The minimum atomic E-state index is -0.500. The van der Waals surface area contributed by atoms with E-state index in [-0.39, 0.29) is 33.6 Å². The van der Waals surface area contributed by atoms with Gasteiger partial charge in [-0.2, -0.15) is 0 Å². The molecule has 0 aliphatic carbocycles. The van der Waals surface area contributed by atoms with Gasteiger partial charge in [0.05, 0.1) is 0 Å². The topological polar surface area (TPSA) is 161 Å². The van der Waals surface area contributed by atoms with E-state index in [4.69, 9.17) is 39.6 Å². The van der Waals surface area contributed by atoms with E-state index >= 15 is 0 Å². The molecule has 2 radical (unpaired) electrons. The number of rotatable bonds is 0. The average molecular weight is 298 g/mol. The van der Waals surface area contributed by atoms with Gasteiger partial charge in [0.2, 0.25) is 0 Å². The molecule has 0 bridgehead atoms. The zero-order valence-corrected chi connectivity index (χ0v) is 8.32. The molecule has 0 aliphatic rings. The zero-order valence-electron chi connectivity index (χ0n) is 6.24. The molecule has 14 heavy (non-hydrogen) atoms. The van der Waals surface area contributed by atoms with E-state index in [1.54, 1.807) is 0 Å². The van der Waals surface area contributed by atoms with Crippen molar-refractivity contribution in [2.24, 2.45) is 0 Å². The summed E-state index contributed by atoms with van der Waals surface area (Å²) in [7, 11) is 0. The molecule has 86 valence electrons. The van der Waals surface area contributed by atoms with Crippen LogP contribution in [0.4, 0.5) is 0 Å². The van der Waals surface area contributed by atoms with Crippen molar-refractivity contribution in [1.82, 2.24) is 0 Å². The second-order valence-electron chi connectivity index (χ2n) is 0.385. The Labute approximate surface area is 99.3 Å². The molecule has 0 aromatic rings. The number of carbonyl (C=O) groups excluding carboxylic acids is 4. The van der Waals surface area contributed by atoms with Crippen molar-refractivity contribution in [3.8, 4) is 0 Å². The van der Waals surface area contributed by atoms with Crippen molar-refractivity contribution in [2.45, 2.75) is 0 Å². The Morgan fingerprint density at radius 3 is 0.500 bits per heavy atom. The van der Waals surface area contributed by atoms with Gasteiger partial charge >= 0.3 is 33.6 Å². The monoisotopic (exact) mass is 298 g/mol. The summed E-state index contributed by atoms with van der Waals surface area (Å²) in [5, 5.41) is 33.0. The van der Waals surface area contributed by atoms with Gasteiger partial charge in [0.25, 0.3) is 0 Å². The van der Waals surface area contributed by atoms with Crippen molar-refractivity contribution in [3.05, 3.63) is 0 Å². The van der Waals surface area contributed by atoms with Crippen LogP contribution < -0.4 is 20.4 Å². The molecule has 10 heteroatoms. The molecule has 0 rings (SSSR count). The minimum absolute atomic E-state index is 0. The quantitative estimate of drug-likeness (QED) is 0.399. The van der Waals surface area contributed by atoms with Crippen molar-refractivity contribution >= 4 is 25.9 Å². The Morgan fingerprint density at radius 1 is 0.500 bits per heavy atom. The van der Waals surface area contributed by atoms with Gasteiger partial charge in [-0.05, 0) is 0 Å². The van der Waals surface area contributed by atoms with Crippen LogP contribution in [-0.2, 0) is 52.7 Å². The third-order valence-electron chi connectivity index (χ3n) is 0. The van der Waals surface area contributed by atoms with Crippen LogP contribution in [0.25, 0.3) is 0 Å². The molecule has 0 spiro atoms. The Kier molecular flexibility index (Phi) is 462. The largest absolute Gasteiger partial charge is 2.00 e. The second kappa shape index (κ2) is 169. The van der Waals surface area contributed by atoms with E-state index in [2.05, 4.69) is 0 Å².